The lowest BCUT2D eigenvalue weighted by Crippen LogP contribution is -2.28. The molecule has 1 aromatic rings. The van der Waals surface area contributed by atoms with Crippen LogP contribution >= 0.6 is 0 Å². The van der Waals surface area contributed by atoms with E-state index in [1.165, 1.54) is 43.4 Å². The number of hydrogen-bond donors (Lipinski definition) is 2. The summed E-state index contributed by atoms with van der Waals surface area (Å²) in [6.45, 7) is 6.36. The van der Waals surface area contributed by atoms with Gasteiger partial charge in [-0.05, 0) is 36.5 Å². The molecule has 0 saturated heterocycles. The first-order valence-electron chi connectivity index (χ1n) is 7.83. The van der Waals surface area contributed by atoms with Gasteiger partial charge in [-0.1, -0.05) is 45.2 Å². The summed E-state index contributed by atoms with van der Waals surface area (Å²) in [5.41, 5.74) is 2.77. The van der Waals surface area contributed by atoms with Gasteiger partial charge in [-0.15, -0.1) is 0 Å². The van der Waals surface area contributed by atoms with Crippen molar-refractivity contribution in [2.45, 2.75) is 57.9 Å². The van der Waals surface area contributed by atoms with Crippen molar-refractivity contribution in [2.24, 2.45) is 0 Å². The molecule has 2 rings (SSSR count). The van der Waals surface area contributed by atoms with E-state index in [0.29, 0.717) is 6.04 Å². The molecule has 2 heteroatoms. The highest BCUT2D eigenvalue weighted by Crippen LogP contribution is 2.32. The summed E-state index contributed by atoms with van der Waals surface area (Å²) in [7, 11) is 0. The quantitative estimate of drug-likeness (QED) is 0.751. The van der Waals surface area contributed by atoms with Gasteiger partial charge in [0.05, 0.1) is 0 Å². The van der Waals surface area contributed by atoms with Crippen LogP contribution in [0.3, 0.4) is 0 Å². The summed E-state index contributed by atoms with van der Waals surface area (Å²) in [5, 5.41) is 6.88. The molecular formula is C17H28N2. The molecule has 1 aliphatic rings. The number of benzene rings is 1. The predicted octanol–water partition coefficient (Wildman–Crippen LogP) is 4.14. The van der Waals surface area contributed by atoms with Gasteiger partial charge in [0, 0.05) is 24.8 Å². The molecule has 0 spiro atoms. The molecule has 0 amide bonds. The van der Waals surface area contributed by atoms with E-state index in [0.717, 1.165) is 19.0 Å². The van der Waals surface area contributed by atoms with E-state index in [-0.39, 0.29) is 0 Å². The SMILES string of the molecule is CC(C)NCCNc1ccc(C2CCCCC2)cc1. The Hall–Kier alpha value is -1.02. The van der Waals surface area contributed by atoms with Crippen molar-refractivity contribution in [1.82, 2.24) is 5.32 Å². The van der Waals surface area contributed by atoms with Gasteiger partial charge in [0.1, 0.15) is 0 Å². The topological polar surface area (TPSA) is 24.1 Å². The molecule has 0 unspecified atom stereocenters. The van der Waals surface area contributed by atoms with Crippen molar-refractivity contribution < 1.29 is 0 Å². The third-order valence-corrected chi connectivity index (χ3v) is 3.99. The largest absolute Gasteiger partial charge is 0.384 e. The van der Waals surface area contributed by atoms with Crippen LogP contribution in [0.2, 0.25) is 0 Å². The zero-order valence-electron chi connectivity index (χ0n) is 12.4. The lowest BCUT2D eigenvalue weighted by atomic mass is 9.84. The second-order valence-electron chi connectivity index (χ2n) is 5.99. The Kier molecular flexibility index (Phi) is 5.71. The van der Waals surface area contributed by atoms with E-state index in [2.05, 4.69) is 48.7 Å². The van der Waals surface area contributed by atoms with E-state index < -0.39 is 0 Å². The molecule has 106 valence electrons. The van der Waals surface area contributed by atoms with Gasteiger partial charge in [-0.25, -0.2) is 0 Å². The van der Waals surface area contributed by atoms with Crippen LogP contribution in [-0.4, -0.2) is 19.1 Å². The molecule has 2 nitrogen and oxygen atoms in total. The third kappa shape index (κ3) is 4.87. The molecule has 0 heterocycles. The van der Waals surface area contributed by atoms with Crippen LogP contribution in [0.15, 0.2) is 24.3 Å². The Bertz CT molecular complexity index is 350. The van der Waals surface area contributed by atoms with Crippen LogP contribution in [0.25, 0.3) is 0 Å². The van der Waals surface area contributed by atoms with Gasteiger partial charge in [-0.3, -0.25) is 0 Å². The van der Waals surface area contributed by atoms with Crippen molar-refractivity contribution in [3.8, 4) is 0 Å². The molecule has 0 radical (unpaired) electrons. The number of rotatable bonds is 6. The Labute approximate surface area is 118 Å². The zero-order chi connectivity index (χ0) is 13.5. The second-order valence-corrected chi connectivity index (χ2v) is 5.99. The van der Waals surface area contributed by atoms with E-state index in [4.69, 9.17) is 0 Å². The van der Waals surface area contributed by atoms with Crippen molar-refractivity contribution in [3.05, 3.63) is 29.8 Å². The monoisotopic (exact) mass is 260 g/mol. The fourth-order valence-corrected chi connectivity index (χ4v) is 2.88. The maximum absolute atomic E-state index is 3.47. The second kappa shape index (κ2) is 7.54. The third-order valence-electron chi connectivity index (χ3n) is 3.99. The summed E-state index contributed by atoms with van der Waals surface area (Å²) < 4.78 is 0. The first-order valence-corrected chi connectivity index (χ1v) is 7.83. The molecule has 1 aliphatic carbocycles. The van der Waals surface area contributed by atoms with E-state index in [9.17, 15) is 0 Å². The van der Waals surface area contributed by atoms with Crippen molar-refractivity contribution >= 4 is 5.69 Å². The summed E-state index contributed by atoms with van der Waals surface area (Å²) >= 11 is 0. The maximum atomic E-state index is 3.47. The molecule has 0 aliphatic heterocycles. The van der Waals surface area contributed by atoms with Gasteiger partial charge in [0.2, 0.25) is 0 Å². The molecule has 0 atom stereocenters. The van der Waals surface area contributed by atoms with Crippen LogP contribution in [0.5, 0.6) is 0 Å². The number of nitrogens with one attached hydrogen (secondary N) is 2. The molecule has 1 fully saturated rings. The summed E-state index contributed by atoms with van der Waals surface area (Å²) in [5.74, 6) is 0.811. The lowest BCUT2D eigenvalue weighted by Gasteiger charge is -2.22. The minimum absolute atomic E-state index is 0.565. The molecule has 0 aromatic heterocycles. The van der Waals surface area contributed by atoms with Crippen LogP contribution in [-0.2, 0) is 0 Å². The van der Waals surface area contributed by atoms with E-state index >= 15 is 0 Å². The zero-order valence-corrected chi connectivity index (χ0v) is 12.4. The van der Waals surface area contributed by atoms with Crippen LogP contribution in [0, 0.1) is 0 Å². The average molecular weight is 260 g/mol. The molecule has 0 bridgehead atoms. The van der Waals surface area contributed by atoms with E-state index in [1.807, 2.05) is 0 Å². The standard InChI is InChI=1S/C17H28N2/c1-14(2)18-12-13-19-17-10-8-16(9-11-17)15-6-4-3-5-7-15/h8-11,14-15,18-19H,3-7,12-13H2,1-2H3. The molecule has 1 saturated carbocycles. The average Bonchev–Trinajstić information content (AvgIpc) is 2.45. The summed E-state index contributed by atoms with van der Waals surface area (Å²) in [6.07, 6.45) is 7.01. The fourth-order valence-electron chi connectivity index (χ4n) is 2.88. The summed E-state index contributed by atoms with van der Waals surface area (Å²) in [6, 6.07) is 9.66. The van der Waals surface area contributed by atoms with Crippen molar-refractivity contribution in [1.29, 1.82) is 0 Å². The van der Waals surface area contributed by atoms with Gasteiger partial charge in [-0.2, -0.15) is 0 Å². The summed E-state index contributed by atoms with van der Waals surface area (Å²) in [4.78, 5) is 0. The Morgan fingerprint density at radius 2 is 1.68 bits per heavy atom. The van der Waals surface area contributed by atoms with Crippen LogP contribution in [0.1, 0.15) is 57.4 Å². The smallest absolute Gasteiger partial charge is 0.0340 e. The molecule has 1 aromatic carbocycles. The Morgan fingerprint density at radius 3 is 2.32 bits per heavy atom. The maximum Gasteiger partial charge on any atom is 0.0340 e. The molecular weight excluding hydrogens is 232 g/mol. The minimum Gasteiger partial charge on any atom is -0.384 e. The van der Waals surface area contributed by atoms with Crippen LogP contribution < -0.4 is 10.6 Å². The van der Waals surface area contributed by atoms with Gasteiger partial charge >= 0.3 is 0 Å². The minimum atomic E-state index is 0.565. The number of hydrogen-bond acceptors (Lipinski definition) is 2. The highest BCUT2D eigenvalue weighted by molar-refractivity contribution is 5.45. The first-order chi connectivity index (χ1) is 9.25. The van der Waals surface area contributed by atoms with Gasteiger partial charge in [0.25, 0.3) is 0 Å². The fraction of sp³-hybridized carbons (Fsp3) is 0.647. The van der Waals surface area contributed by atoms with E-state index in [1.54, 1.807) is 0 Å². The highest BCUT2D eigenvalue weighted by Gasteiger charge is 2.14. The Morgan fingerprint density at radius 1 is 1.00 bits per heavy atom. The molecule has 19 heavy (non-hydrogen) atoms. The Balaban J connectivity index is 1.77. The van der Waals surface area contributed by atoms with Gasteiger partial charge in [0.15, 0.2) is 0 Å². The molecule has 2 N–H and O–H groups in total. The normalized spacial score (nSPS) is 16.8. The van der Waals surface area contributed by atoms with Crippen LogP contribution in [0.4, 0.5) is 5.69 Å². The van der Waals surface area contributed by atoms with Crippen molar-refractivity contribution in [3.63, 3.8) is 0 Å². The lowest BCUT2D eigenvalue weighted by molar-refractivity contribution is 0.443. The van der Waals surface area contributed by atoms with Gasteiger partial charge < -0.3 is 10.6 Å². The number of anilines is 1. The van der Waals surface area contributed by atoms with Crippen molar-refractivity contribution in [2.75, 3.05) is 18.4 Å². The first kappa shape index (κ1) is 14.4. The highest BCUT2D eigenvalue weighted by atomic mass is 15.0. The predicted molar refractivity (Wildman–Crippen MR) is 83.9 cm³/mol.